The first kappa shape index (κ1) is 22.2. The molecule has 1 aromatic rings. The number of aliphatic imine (C=N–C) groups is 1. The van der Waals surface area contributed by atoms with Gasteiger partial charge < -0.3 is 20.3 Å². The molecule has 1 aromatic carbocycles. The van der Waals surface area contributed by atoms with Crippen molar-refractivity contribution in [3.05, 3.63) is 28.7 Å². The monoisotopic (exact) mass is 524 g/mol. The van der Waals surface area contributed by atoms with E-state index in [9.17, 15) is 4.79 Å². The number of nitrogens with zero attached hydrogens (tertiary/aromatic N) is 2. The highest BCUT2D eigenvalue weighted by Gasteiger charge is 2.24. The number of benzene rings is 1. The highest BCUT2D eigenvalue weighted by molar-refractivity contribution is 14.0. The summed E-state index contributed by atoms with van der Waals surface area (Å²) in [4.78, 5) is 18.5. The summed E-state index contributed by atoms with van der Waals surface area (Å²) in [5.41, 5.74) is 0.800. The number of amides is 1. The van der Waals surface area contributed by atoms with Gasteiger partial charge in [0.2, 0.25) is 5.91 Å². The number of ether oxygens (including phenoxy) is 1. The van der Waals surface area contributed by atoms with Crippen LogP contribution in [0, 0.1) is 5.92 Å². The van der Waals surface area contributed by atoms with E-state index < -0.39 is 0 Å². The summed E-state index contributed by atoms with van der Waals surface area (Å²) in [6.07, 6.45) is 1.50. The van der Waals surface area contributed by atoms with E-state index in [0.717, 1.165) is 42.2 Å². The van der Waals surface area contributed by atoms with Crippen molar-refractivity contribution in [2.75, 3.05) is 45.7 Å². The van der Waals surface area contributed by atoms with E-state index in [-0.39, 0.29) is 29.9 Å². The number of anilines is 1. The van der Waals surface area contributed by atoms with Crippen LogP contribution < -0.4 is 10.6 Å². The molecular formula is C17H26BrIN4O2. The molecule has 1 fully saturated rings. The number of halogens is 2. The molecule has 1 amide bonds. The number of carbonyl (C=O) groups is 1. The summed E-state index contributed by atoms with van der Waals surface area (Å²) >= 11 is 3.38. The predicted molar refractivity (Wildman–Crippen MR) is 116 cm³/mol. The van der Waals surface area contributed by atoms with Crippen LogP contribution in [0.15, 0.2) is 33.7 Å². The molecule has 0 spiro atoms. The van der Waals surface area contributed by atoms with E-state index in [0.29, 0.717) is 18.9 Å². The molecule has 6 nitrogen and oxygen atoms in total. The number of rotatable bonds is 6. The number of likely N-dealkylation sites (tertiary alicyclic amines) is 1. The van der Waals surface area contributed by atoms with Crippen LogP contribution >= 0.6 is 39.9 Å². The van der Waals surface area contributed by atoms with Gasteiger partial charge in [-0.3, -0.25) is 9.79 Å². The normalized spacial score (nSPS) is 17.2. The van der Waals surface area contributed by atoms with Crippen molar-refractivity contribution in [2.24, 2.45) is 10.9 Å². The molecule has 1 heterocycles. The molecule has 0 bridgehead atoms. The zero-order chi connectivity index (χ0) is 17.4. The minimum absolute atomic E-state index is 0. The van der Waals surface area contributed by atoms with Crippen molar-refractivity contribution >= 4 is 57.5 Å². The van der Waals surface area contributed by atoms with Gasteiger partial charge in [0, 0.05) is 56.3 Å². The fourth-order valence-electron chi connectivity index (χ4n) is 2.77. The summed E-state index contributed by atoms with van der Waals surface area (Å²) in [5, 5.41) is 6.15. The molecule has 1 atom stereocenters. The number of hydrogen-bond acceptors (Lipinski definition) is 3. The molecule has 8 heteroatoms. The first-order chi connectivity index (χ1) is 11.6. The average Bonchev–Trinajstić information content (AvgIpc) is 3.02. The quantitative estimate of drug-likeness (QED) is 0.341. The fourth-order valence-corrected chi connectivity index (χ4v) is 3.04. The Bertz CT molecular complexity index is 568. The van der Waals surface area contributed by atoms with Gasteiger partial charge in [-0.05, 0) is 30.7 Å². The first-order valence-corrected chi connectivity index (χ1v) is 8.91. The standard InChI is InChI=1S/C17H25BrN4O2.HI/c1-19-17(22-10-8-13(11-22)12-24-2)20-9-7-16(23)21-15-5-3-14(18)4-6-15;/h3-6,13H,7-12H2,1-2H3,(H,19,20)(H,21,23);1H. The zero-order valence-corrected chi connectivity index (χ0v) is 18.5. The second-order valence-corrected chi connectivity index (χ2v) is 6.75. The number of methoxy groups -OCH3 is 1. The lowest BCUT2D eigenvalue weighted by molar-refractivity contribution is -0.116. The van der Waals surface area contributed by atoms with Gasteiger partial charge in [-0.15, -0.1) is 24.0 Å². The zero-order valence-electron chi connectivity index (χ0n) is 14.6. The molecule has 1 saturated heterocycles. The van der Waals surface area contributed by atoms with E-state index in [4.69, 9.17) is 4.74 Å². The Morgan fingerprint density at radius 3 is 2.76 bits per heavy atom. The van der Waals surface area contributed by atoms with Crippen LogP contribution in [-0.2, 0) is 9.53 Å². The summed E-state index contributed by atoms with van der Waals surface area (Å²) in [7, 11) is 3.51. The van der Waals surface area contributed by atoms with Gasteiger partial charge in [0.25, 0.3) is 0 Å². The molecule has 0 radical (unpaired) electrons. The van der Waals surface area contributed by atoms with Crippen LogP contribution in [0.1, 0.15) is 12.8 Å². The lowest BCUT2D eigenvalue weighted by Gasteiger charge is -2.21. The summed E-state index contributed by atoms with van der Waals surface area (Å²) in [6, 6.07) is 7.54. The first-order valence-electron chi connectivity index (χ1n) is 8.12. The highest BCUT2D eigenvalue weighted by atomic mass is 127. The van der Waals surface area contributed by atoms with Gasteiger partial charge in [0.15, 0.2) is 5.96 Å². The third kappa shape index (κ3) is 7.49. The Hall–Kier alpha value is -0.870. The summed E-state index contributed by atoms with van der Waals surface area (Å²) < 4.78 is 6.21. The Labute approximate surface area is 174 Å². The predicted octanol–water partition coefficient (Wildman–Crippen LogP) is 2.94. The summed E-state index contributed by atoms with van der Waals surface area (Å²) in [5.74, 6) is 1.39. The third-order valence-corrected chi connectivity index (χ3v) is 4.49. The fraction of sp³-hybridized carbons (Fsp3) is 0.529. The number of guanidine groups is 1. The Balaban J connectivity index is 0.00000312. The van der Waals surface area contributed by atoms with Crippen LogP contribution in [0.3, 0.4) is 0 Å². The maximum atomic E-state index is 12.0. The topological polar surface area (TPSA) is 66.0 Å². The van der Waals surface area contributed by atoms with Crippen LogP contribution in [0.25, 0.3) is 0 Å². The van der Waals surface area contributed by atoms with Gasteiger partial charge in [-0.1, -0.05) is 15.9 Å². The Morgan fingerprint density at radius 1 is 1.40 bits per heavy atom. The maximum absolute atomic E-state index is 12.0. The van der Waals surface area contributed by atoms with Crippen LogP contribution in [0.5, 0.6) is 0 Å². The second-order valence-electron chi connectivity index (χ2n) is 5.84. The molecule has 1 aliphatic rings. The minimum atomic E-state index is -0.0149. The second kappa shape index (κ2) is 11.7. The van der Waals surface area contributed by atoms with Crippen molar-refractivity contribution in [3.8, 4) is 0 Å². The molecule has 0 aliphatic carbocycles. The lowest BCUT2D eigenvalue weighted by Crippen LogP contribution is -2.41. The largest absolute Gasteiger partial charge is 0.384 e. The van der Waals surface area contributed by atoms with Crippen LogP contribution in [0.4, 0.5) is 5.69 Å². The van der Waals surface area contributed by atoms with Gasteiger partial charge >= 0.3 is 0 Å². The van der Waals surface area contributed by atoms with Crippen LogP contribution in [0.2, 0.25) is 0 Å². The van der Waals surface area contributed by atoms with Crippen molar-refractivity contribution in [1.82, 2.24) is 10.2 Å². The number of nitrogens with one attached hydrogen (secondary N) is 2. The van der Waals surface area contributed by atoms with Crippen molar-refractivity contribution in [1.29, 1.82) is 0 Å². The molecule has 0 saturated carbocycles. The molecule has 2 rings (SSSR count). The van der Waals surface area contributed by atoms with Crippen LogP contribution in [-0.4, -0.2) is 57.2 Å². The maximum Gasteiger partial charge on any atom is 0.226 e. The Morgan fingerprint density at radius 2 is 2.12 bits per heavy atom. The van der Waals surface area contributed by atoms with Gasteiger partial charge in [0.05, 0.1) is 6.61 Å². The highest BCUT2D eigenvalue weighted by Crippen LogP contribution is 2.16. The summed E-state index contributed by atoms with van der Waals surface area (Å²) in [6.45, 7) is 3.25. The Kier molecular flexibility index (Phi) is 10.4. The molecular weight excluding hydrogens is 499 g/mol. The minimum Gasteiger partial charge on any atom is -0.384 e. The smallest absolute Gasteiger partial charge is 0.226 e. The van der Waals surface area contributed by atoms with E-state index in [1.54, 1.807) is 14.2 Å². The van der Waals surface area contributed by atoms with Crippen molar-refractivity contribution in [2.45, 2.75) is 12.8 Å². The van der Waals surface area contributed by atoms with E-state index in [1.165, 1.54) is 0 Å². The number of hydrogen-bond donors (Lipinski definition) is 2. The molecule has 140 valence electrons. The molecule has 25 heavy (non-hydrogen) atoms. The van der Waals surface area contributed by atoms with Crippen molar-refractivity contribution in [3.63, 3.8) is 0 Å². The average molecular weight is 525 g/mol. The lowest BCUT2D eigenvalue weighted by atomic mass is 10.1. The third-order valence-electron chi connectivity index (χ3n) is 3.96. The molecule has 1 aliphatic heterocycles. The van der Waals surface area contributed by atoms with Gasteiger partial charge in [-0.2, -0.15) is 0 Å². The van der Waals surface area contributed by atoms with E-state index in [2.05, 4.69) is 36.5 Å². The number of carbonyl (C=O) groups excluding carboxylic acids is 1. The van der Waals surface area contributed by atoms with E-state index in [1.807, 2.05) is 24.3 Å². The van der Waals surface area contributed by atoms with Gasteiger partial charge in [-0.25, -0.2) is 0 Å². The molecule has 2 N–H and O–H groups in total. The van der Waals surface area contributed by atoms with E-state index >= 15 is 0 Å². The van der Waals surface area contributed by atoms with Crippen molar-refractivity contribution < 1.29 is 9.53 Å². The SMILES string of the molecule is CN=C(NCCC(=O)Nc1ccc(Br)cc1)N1CCC(COC)C1.I. The van der Waals surface area contributed by atoms with Gasteiger partial charge in [0.1, 0.15) is 0 Å². The molecule has 0 aromatic heterocycles. The molecule has 1 unspecified atom stereocenters.